The van der Waals surface area contributed by atoms with Gasteiger partial charge < -0.3 is 10.6 Å². The monoisotopic (exact) mass is 383 g/mol. The van der Waals surface area contributed by atoms with Gasteiger partial charge in [-0.2, -0.15) is 15.1 Å². The minimum atomic E-state index is 0.112. The van der Waals surface area contributed by atoms with E-state index < -0.39 is 0 Å². The molecule has 0 bridgehead atoms. The molecule has 0 spiro atoms. The lowest BCUT2D eigenvalue weighted by molar-refractivity contribution is -0.361. The van der Waals surface area contributed by atoms with Crippen LogP contribution in [-0.4, -0.2) is 58.3 Å². The summed E-state index contributed by atoms with van der Waals surface area (Å²) in [6, 6.07) is 1.92. The van der Waals surface area contributed by atoms with E-state index in [-0.39, 0.29) is 6.04 Å². The first-order valence-corrected chi connectivity index (χ1v) is 7.88. The number of hydrogen-bond acceptors (Lipinski definition) is 8. The Morgan fingerprint density at radius 2 is 2.13 bits per heavy atom. The molecule has 1 fully saturated rings. The van der Waals surface area contributed by atoms with Crippen LogP contribution in [0.1, 0.15) is 6.42 Å². The normalized spacial score (nSPS) is 18.1. The Balaban J connectivity index is 1.88. The van der Waals surface area contributed by atoms with E-state index >= 15 is 0 Å². The number of hydrogen-bond donors (Lipinski definition) is 1. The van der Waals surface area contributed by atoms with Crippen molar-refractivity contribution in [1.82, 2.24) is 25.0 Å². The van der Waals surface area contributed by atoms with Crippen molar-refractivity contribution >= 4 is 27.6 Å². The highest BCUT2D eigenvalue weighted by Gasteiger charge is 2.31. The van der Waals surface area contributed by atoms with Gasteiger partial charge in [0.1, 0.15) is 10.3 Å². The van der Waals surface area contributed by atoms with Crippen LogP contribution in [0.5, 0.6) is 0 Å². The average Bonchev–Trinajstić information content (AvgIpc) is 3.23. The first kappa shape index (κ1) is 16.1. The Hall–Kier alpha value is -1.75. The van der Waals surface area contributed by atoms with E-state index in [1.54, 1.807) is 31.3 Å². The van der Waals surface area contributed by atoms with Crippen molar-refractivity contribution in [1.29, 1.82) is 0 Å². The summed E-state index contributed by atoms with van der Waals surface area (Å²) in [6.07, 6.45) is 4.33. The summed E-state index contributed by atoms with van der Waals surface area (Å²) < 4.78 is 2.26. The largest absolute Gasteiger partial charge is 0.383 e. The highest BCUT2D eigenvalue weighted by molar-refractivity contribution is 9.10. The van der Waals surface area contributed by atoms with Crippen LogP contribution in [0.3, 0.4) is 0 Å². The predicted octanol–water partition coefficient (Wildman–Crippen LogP) is 1.01. The molecule has 1 saturated heterocycles. The lowest BCUT2D eigenvalue weighted by Gasteiger charge is -2.24. The number of anilines is 2. The molecule has 2 aromatic heterocycles. The van der Waals surface area contributed by atoms with E-state index in [1.165, 1.54) is 5.23 Å². The summed E-state index contributed by atoms with van der Waals surface area (Å²) in [4.78, 5) is 21.4. The van der Waals surface area contributed by atoms with Crippen LogP contribution in [0.15, 0.2) is 22.9 Å². The highest BCUT2D eigenvalue weighted by Crippen LogP contribution is 2.32. The quantitative estimate of drug-likeness (QED) is 0.764. The third-order valence-electron chi connectivity index (χ3n) is 3.68. The molecule has 1 aliphatic heterocycles. The van der Waals surface area contributed by atoms with Gasteiger partial charge in [0.05, 0.1) is 20.3 Å². The van der Waals surface area contributed by atoms with Gasteiger partial charge >= 0.3 is 0 Å². The van der Waals surface area contributed by atoms with Crippen molar-refractivity contribution in [3.8, 4) is 5.95 Å². The minimum absolute atomic E-state index is 0.112. The Kier molecular flexibility index (Phi) is 4.76. The van der Waals surface area contributed by atoms with Crippen LogP contribution in [0.2, 0.25) is 0 Å². The fourth-order valence-electron chi connectivity index (χ4n) is 2.62. The lowest BCUT2D eigenvalue weighted by atomic mass is 10.3. The number of nitrogens with two attached hydrogens (primary N) is 1. The molecule has 10 heteroatoms. The summed E-state index contributed by atoms with van der Waals surface area (Å²) in [7, 11) is 3.17. The molecule has 0 unspecified atom stereocenters. The smallest absolute Gasteiger partial charge is 0.254 e. The van der Waals surface area contributed by atoms with Crippen molar-refractivity contribution in [2.24, 2.45) is 0 Å². The van der Waals surface area contributed by atoms with Crippen LogP contribution in [0.25, 0.3) is 5.95 Å². The van der Waals surface area contributed by atoms with E-state index in [2.05, 4.69) is 35.9 Å². The molecule has 3 heterocycles. The zero-order valence-corrected chi connectivity index (χ0v) is 14.5. The molecule has 9 nitrogen and oxygen atoms in total. The zero-order chi connectivity index (χ0) is 16.4. The molecule has 3 rings (SSSR count). The van der Waals surface area contributed by atoms with Crippen LogP contribution in [0.4, 0.5) is 11.6 Å². The molecule has 23 heavy (non-hydrogen) atoms. The number of nitrogen functional groups attached to an aromatic ring is 1. The molecule has 0 radical (unpaired) electrons. The van der Waals surface area contributed by atoms with E-state index in [4.69, 9.17) is 15.4 Å². The second-order valence-corrected chi connectivity index (χ2v) is 5.83. The molecule has 2 aromatic rings. The summed E-state index contributed by atoms with van der Waals surface area (Å²) in [5.41, 5.74) is 6.02. The first-order chi connectivity index (χ1) is 11.1. The topological polar surface area (TPSA) is 94.6 Å². The molecule has 2 N–H and O–H groups in total. The zero-order valence-electron chi connectivity index (χ0n) is 12.9. The van der Waals surface area contributed by atoms with Crippen molar-refractivity contribution in [3.05, 3.63) is 22.9 Å². The van der Waals surface area contributed by atoms with Crippen LogP contribution >= 0.6 is 15.9 Å². The standard InChI is InChI=1S/C13H18BrN7O2/c1-22-21(23-2)9-4-7-19(8-9)12-10(14)11(15)17-13(18-12)20-6-3-5-16-20/h3,5-6,9H,4,7-8H2,1-2H3,(H2,15,17,18)/t9-/m0/s1. The van der Waals surface area contributed by atoms with E-state index in [9.17, 15) is 0 Å². The fraction of sp³-hybridized carbons (Fsp3) is 0.462. The molecular formula is C13H18BrN7O2. The van der Waals surface area contributed by atoms with Crippen molar-refractivity contribution in [2.75, 3.05) is 37.9 Å². The van der Waals surface area contributed by atoms with Gasteiger partial charge in [-0.3, -0.25) is 9.68 Å². The Morgan fingerprint density at radius 1 is 1.35 bits per heavy atom. The first-order valence-electron chi connectivity index (χ1n) is 7.09. The van der Waals surface area contributed by atoms with Gasteiger partial charge in [-0.25, -0.2) is 4.68 Å². The van der Waals surface area contributed by atoms with Gasteiger partial charge in [0.15, 0.2) is 5.82 Å². The number of aromatic nitrogens is 4. The minimum Gasteiger partial charge on any atom is -0.383 e. The van der Waals surface area contributed by atoms with Gasteiger partial charge in [0, 0.05) is 25.5 Å². The lowest BCUT2D eigenvalue weighted by Crippen LogP contribution is -2.36. The Labute approximate surface area is 142 Å². The SMILES string of the molecule is CON(OC)[C@H]1CCN(c2nc(-n3cccn3)nc(N)c2Br)C1. The summed E-state index contributed by atoms with van der Waals surface area (Å²) in [5.74, 6) is 1.54. The molecule has 0 aromatic carbocycles. The molecular weight excluding hydrogens is 366 g/mol. The van der Waals surface area contributed by atoms with Crippen LogP contribution in [0, 0.1) is 0 Å². The maximum Gasteiger partial charge on any atom is 0.254 e. The van der Waals surface area contributed by atoms with Gasteiger partial charge in [0.25, 0.3) is 5.95 Å². The molecule has 0 amide bonds. The average molecular weight is 384 g/mol. The predicted molar refractivity (Wildman–Crippen MR) is 87.7 cm³/mol. The Morgan fingerprint density at radius 3 is 2.78 bits per heavy atom. The second kappa shape index (κ2) is 6.79. The third-order valence-corrected chi connectivity index (χ3v) is 4.44. The highest BCUT2D eigenvalue weighted by atomic mass is 79.9. The Bertz CT molecular complexity index is 663. The summed E-state index contributed by atoms with van der Waals surface area (Å²) in [5, 5.41) is 5.64. The molecule has 0 aliphatic carbocycles. The van der Waals surface area contributed by atoms with E-state index in [0.29, 0.717) is 22.8 Å². The molecule has 1 atom stereocenters. The second-order valence-electron chi connectivity index (χ2n) is 5.04. The van der Waals surface area contributed by atoms with Crippen LogP contribution < -0.4 is 10.6 Å². The molecule has 124 valence electrons. The van der Waals surface area contributed by atoms with Crippen molar-refractivity contribution in [3.63, 3.8) is 0 Å². The molecule has 0 saturated carbocycles. The van der Waals surface area contributed by atoms with Crippen molar-refractivity contribution in [2.45, 2.75) is 12.5 Å². The van der Waals surface area contributed by atoms with Gasteiger partial charge in [-0.15, -0.1) is 0 Å². The van der Waals surface area contributed by atoms with Crippen molar-refractivity contribution < 1.29 is 9.68 Å². The number of rotatable bonds is 5. The fourth-order valence-corrected chi connectivity index (χ4v) is 3.05. The van der Waals surface area contributed by atoms with Gasteiger partial charge in [0.2, 0.25) is 0 Å². The summed E-state index contributed by atoms with van der Waals surface area (Å²) in [6.45, 7) is 1.51. The third kappa shape index (κ3) is 3.15. The summed E-state index contributed by atoms with van der Waals surface area (Å²) >= 11 is 3.48. The van der Waals surface area contributed by atoms with Gasteiger partial charge in [-0.05, 0) is 28.4 Å². The van der Waals surface area contributed by atoms with E-state index in [0.717, 1.165) is 18.8 Å². The number of hydroxylamine groups is 2. The molecule has 1 aliphatic rings. The van der Waals surface area contributed by atoms with Gasteiger partial charge in [-0.1, -0.05) is 5.23 Å². The maximum absolute atomic E-state index is 6.02. The van der Waals surface area contributed by atoms with E-state index in [1.807, 2.05) is 6.07 Å². The van der Waals surface area contributed by atoms with Crippen LogP contribution in [-0.2, 0) is 9.68 Å². The maximum atomic E-state index is 6.02. The number of nitrogens with zero attached hydrogens (tertiary/aromatic N) is 6. The number of halogens is 1.